The third kappa shape index (κ3) is 4.42. The Hall–Kier alpha value is -3.28. The number of aromatic nitrogens is 2. The summed E-state index contributed by atoms with van der Waals surface area (Å²) in [5, 5.41) is 6.00. The fraction of sp³-hybridized carbons (Fsp3) is 0.150. The van der Waals surface area contributed by atoms with Crippen molar-refractivity contribution in [2.75, 3.05) is 11.9 Å². The summed E-state index contributed by atoms with van der Waals surface area (Å²) in [5.41, 5.74) is 2.70. The lowest BCUT2D eigenvalue weighted by Crippen LogP contribution is -2.23. The van der Waals surface area contributed by atoms with Gasteiger partial charge in [-0.25, -0.2) is 14.4 Å². The first-order valence-corrected chi connectivity index (χ1v) is 8.39. The number of carbonyl (C=O) groups is 1. The molecule has 0 saturated carbocycles. The summed E-state index contributed by atoms with van der Waals surface area (Å²) >= 11 is 0. The van der Waals surface area contributed by atoms with Crippen molar-refractivity contribution in [1.82, 2.24) is 15.3 Å². The number of carbonyl (C=O) groups excluding carboxylic acids is 1. The van der Waals surface area contributed by atoms with E-state index in [1.807, 2.05) is 19.1 Å². The van der Waals surface area contributed by atoms with Gasteiger partial charge in [0.15, 0.2) is 0 Å². The number of halogens is 1. The Kier molecular flexibility index (Phi) is 5.53. The van der Waals surface area contributed by atoms with E-state index in [0.29, 0.717) is 29.2 Å². The van der Waals surface area contributed by atoms with E-state index in [0.717, 1.165) is 12.1 Å². The van der Waals surface area contributed by atoms with Crippen molar-refractivity contribution in [3.63, 3.8) is 0 Å². The van der Waals surface area contributed by atoms with Gasteiger partial charge in [-0.05, 0) is 42.8 Å². The van der Waals surface area contributed by atoms with Crippen LogP contribution in [0.4, 0.5) is 15.9 Å². The molecule has 0 radical (unpaired) electrons. The molecule has 0 fully saturated rings. The number of nitrogens with one attached hydrogen (secondary N) is 2. The maximum Gasteiger partial charge on any atom is 0.251 e. The molecule has 0 atom stereocenters. The Morgan fingerprint density at radius 1 is 1.08 bits per heavy atom. The minimum atomic E-state index is -0.312. The molecule has 1 aromatic heterocycles. The molecule has 26 heavy (non-hydrogen) atoms. The number of anilines is 2. The highest BCUT2D eigenvalue weighted by atomic mass is 19.1. The van der Waals surface area contributed by atoms with Crippen molar-refractivity contribution < 1.29 is 9.18 Å². The molecule has 1 heterocycles. The molecule has 0 aliphatic heterocycles. The van der Waals surface area contributed by atoms with E-state index in [9.17, 15) is 9.18 Å². The smallest absolute Gasteiger partial charge is 0.251 e. The third-order valence-electron chi connectivity index (χ3n) is 3.74. The van der Waals surface area contributed by atoms with E-state index in [2.05, 4.69) is 20.6 Å². The van der Waals surface area contributed by atoms with Crippen LogP contribution in [0, 0.1) is 5.82 Å². The van der Waals surface area contributed by atoms with E-state index in [1.165, 1.54) is 18.5 Å². The summed E-state index contributed by atoms with van der Waals surface area (Å²) in [6, 6.07) is 15.1. The average Bonchev–Trinajstić information content (AvgIpc) is 2.67. The maximum absolute atomic E-state index is 13.4. The van der Waals surface area contributed by atoms with Gasteiger partial charge in [0.25, 0.3) is 5.91 Å². The topological polar surface area (TPSA) is 66.9 Å². The van der Waals surface area contributed by atoms with Crippen LogP contribution in [0.15, 0.2) is 60.9 Å². The fourth-order valence-corrected chi connectivity index (χ4v) is 2.42. The number of hydrogen-bond donors (Lipinski definition) is 2. The van der Waals surface area contributed by atoms with Gasteiger partial charge in [-0.1, -0.05) is 19.1 Å². The molecular formula is C20H19FN4O. The van der Waals surface area contributed by atoms with E-state index in [4.69, 9.17) is 0 Å². The molecule has 1 amide bonds. The van der Waals surface area contributed by atoms with Crippen LogP contribution in [-0.2, 0) is 0 Å². The monoisotopic (exact) mass is 350 g/mol. The van der Waals surface area contributed by atoms with Gasteiger partial charge in [-0.2, -0.15) is 0 Å². The molecular weight excluding hydrogens is 331 g/mol. The molecule has 0 bridgehead atoms. The lowest BCUT2D eigenvalue weighted by atomic mass is 10.1. The van der Waals surface area contributed by atoms with Gasteiger partial charge in [0, 0.05) is 29.4 Å². The first-order valence-electron chi connectivity index (χ1n) is 8.39. The van der Waals surface area contributed by atoms with Crippen LogP contribution in [0.25, 0.3) is 11.3 Å². The van der Waals surface area contributed by atoms with Gasteiger partial charge in [0.2, 0.25) is 0 Å². The molecule has 0 aliphatic carbocycles. The number of nitrogens with zero attached hydrogens (tertiary/aromatic N) is 2. The van der Waals surface area contributed by atoms with E-state index < -0.39 is 0 Å². The summed E-state index contributed by atoms with van der Waals surface area (Å²) in [7, 11) is 0. The predicted molar refractivity (Wildman–Crippen MR) is 99.8 cm³/mol. The molecule has 0 spiro atoms. The standard InChI is InChI=1S/C20H19FN4O/c1-2-10-22-20(26)14-6-8-17(9-7-14)25-19-12-18(23-13-24-19)15-4-3-5-16(21)11-15/h3-9,11-13H,2,10H2,1H3,(H,22,26)(H,23,24,25). The highest BCUT2D eigenvalue weighted by Gasteiger charge is 2.06. The Morgan fingerprint density at radius 3 is 2.62 bits per heavy atom. The number of amides is 1. The average molecular weight is 350 g/mol. The van der Waals surface area contributed by atoms with Crippen LogP contribution in [0.1, 0.15) is 23.7 Å². The van der Waals surface area contributed by atoms with Gasteiger partial charge in [0.1, 0.15) is 18.0 Å². The quantitative estimate of drug-likeness (QED) is 0.700. The van der Waals surface area contributed by atoms with Crippen LogP contribution < -0.4 is 10.6 Å². The molecule has 0 saturated heterocycles. The normalized spacial score (nSPS) is 10.4. The Balaban J connectivity index is 1.73. The Morgan fingerprint density at radius 2 is 1.88 bits per heavy atom. The van der Waals surface area contributed by atoms with Crippen molar-refractivity contribution in [2.24, 2.45) is 0 Å². The van der Waals surface area contributed by atoms with Crippen molar-refractivity contribution in [2.45, 2.75) is 13.3 Å². The van der Waals surface area contributed by atoms with Crippen LogP contribution in [-0.4, -0.2) is 22.4 Å². The number of benzene rings is 2. The summed E-state index contributed by atoms with van der Waals surface area (Å²) in [4.78, 5) is 20.3. The van der Waals surface area contributed by atoms with Crippen molar-refractivity contribution in [3.05, 3.63) is 72.3 Å². The van der Waals surface area contributed by atoms with Gasteiger partial charge >= 0.3 is 0 Å². The highest BCUT2D eigenvalue weighted by molar-refractivity contribution is 5.94. The Labute approximate surface area is 151 Å². The second-order valence-corrected chi connectivity index (χ2v) is 5.76. The van der Waals surface area contributed by atoms with Crippen molar-refractivity contribution >= 4 is 17.4 Å². The number of rotatable bonds is 6. The molecule has 2 N–H and O–H groups in total. The second kappa shape index (κ2) is 8.20. The van der Waals surface area contributed by atoms with Gasteiger partial charge < -0.3 is 10.6 Å². The first-order chi connectivity index (χ1) is 12.7. The zero-order chi connectivity index (χ0) is 18.4. The SMILES string of the molecule is CCCNC(=O)c1ccc(Nc2cc(-c3cccc(F)c3)ncn2)cc1. The lowest BCUT2D eigenvalue weighted by molar-refractivity contribution is 0.0953. The van der Waals surface area contributed by atoms with Crippen LogP contribution in [0.5, 0.6) is 0 Å². The molecule has 0 aliphatic rings. The second-order valence-electron chi connectivity index (χ2n) is 5.76. The molecule has 2 aromatic carbocycles. The van der Waals surface area contributed by atoms with E-state index >= 15 is 0 Å². The maximum atomic E-state index is 13.4. The summed E-state index contributed by atoms with van der Waals surface area (Å²) < 4.78 is 13.4. The molecule has 132 valence electrons. The minimum Gasteiger partial charge on any atom is -0.352 e. The summed E-state index contributed by atoms with van der Waals surface area (Å²) in [6.45, 7) is 2.66. The molecule has 0 unspecified atom stereocenters. The molecule has 6 heteroatoms. The van der Waals surface area contributed by atoms with Gasteiger partial charge in [-0.3, -0.25) is 4.79 Å². The fourth-order valence-electron chi connectivity index (χ4n) is 2.42. The zero-order valence-electron chi connectivity index (χ0n) is 14.4. The minimum absolute atomic E-state index is 0.0890. The van der Waals surface area contributed by atoms with Crippen molar-refractivity contribution in [1.29, 1.82) is 0 Å². The number of hydrogen-bond acceptors (Lipinski definition) is 4. The van der Waals surface area contributed by atoms with Crippen LogP contribution in [0.2, 0.25) is 0 Å². The zero-order valence-corrected chi connectivity index (χ0v) is 14.4. The lowest BCUT2D eigenvalue weighted by Gasteiger charge is -2.08. The van der Waals surface area contributed by atoms with E-state index in [1.54, 1.807) is 30.3 Å². The van der Waals surface area contributed by atoms with Gasteiger partial charge in [0.05, 0.1) is 5.69 Å². The molecule has 5 nitrogen and oxygen atoms in total. The van der Waals surface area contributed by atoms with Crippen LogP contribution >= 0.6 is 0 Å². The van der Waals surface area contributed by atoms with E-state index in [-0.39, 0.29) is 11.7 Å². The first kappa shape index (κ1) is 17.5. The summed E-state index contributed by atoms with van der Waals surface area (Å²) in [6.07, 6.45) is 2.32. The van der Waals surface area contributed by atoms with Gasteiger partial charge in [-0.15, -0.1) is 0 Å². The Bertz CT molecular complexity index is 896. The third-order valence-corrected chi connectivity index (χ3v) is 3.74. The van der Waals surface area contributed by atoms with Crippen LogP contribution in [0.3, 0.4) is 0 Å². The molecule has 3 rings (SSSR count). The highest BCUT2D eigenvalue weighted by Crippen LogP contribution is 2.22. The predicted octanol–water partition coefficient (Wildman–Crippen LogP) is 4.17. The molecule has 3 aromatic rings. The largest absolute Gasteiger partial charge is 0.352 e. The van der Waals surface area contributed by atoms with Crippen molar-refractivity contribution in [3.8, 4) is 11.3 Å². The summed E-state index contributed by atoms with van der Waals surface area (Å²) in [5.74, 6) is 0.184.